The van der Waals surface area contributed by atoms with Crippen molar-refractivity contribution in [3.63, 3.8) is 0 Å². The molecule has 17 heavy (non-hydrogen) atoms. The number of nitrogens with one attached hydrogen (secondary N) is 1. The molecular formula is C13H12N2O2. The summed E-state index contributed by atoms with van der Waals surface area (Å²) in [6, 6.07) is 12.4. The maximum Gasteiger partial charge on any atom is 0.417 e. The van der Waals surface area contributed by atoms with Crippen molar-refractivity contribution in [2.45, 2.75) is 6.92 Å². The number of ether oxygens (including phenoxy) is 1. The maximum atomic E-state index is 11.5. The minimum atomic E-state index is -0.512. The van der Waals surface area contributed by atoms with Crippen molar-refractivity contribution in [2.24, 2.45) is 0 Å². The topological polar surface area (TPSA) is 51.2 Å². The first-order valence-electron chi connectivity index (χ1n) is 5.20. The summed E-state index contributed by atoms with van der Waals surface area (Å²) in [5.74, 6) is 0.510. The Labute approximate surface area is 99.3 Å². The van der Waals surface area contributed by atoms with Gasteiger partial charge in [0.15, 0.2) is 0 Å². The molecule has 1 aromatic heterocycles. The second-order valence-corrected chi connectivity index (χ2v) is 3.51. The minimum Gasteiger partial charge on any atom is -0.410 e. The molecule has 0 bridgehead atoms. The van der Waals surface area contributed by atoms with Gasteiger partial charge in [0, 0.05) is 17.6 Å². The van der Waals surface area contributed by atoms with Gasteiger partial charge in [0.1, 0.15) is 5.75 Å². The van der Waals surface area contributed by atoms with Gasteiger partial charge in [0.05, 0.1) is 0 Å². The van der Waals surface area contributed by atoms with Crippen molar-refractivity contribution in [1.82, 2.24) is 4.98 Å². The maximum absolute atomic E-state index is 11.5. The van der Waals surface area contributed by atoms with E-state index in [1.165, 1.54) is 0 Å². The molecule has 0 saturated heterocycles. The number of benzene rings is 1. The summed E-state index contributed by atoms with van der Waals surface area (Å²) in [5, 5.41) is 2.63. The van der Waals surface area contributed by atoms with Crippen molar-refractivity contribution in [1.29, 1.82) is 0 Å². The first-order valence-corrected chi connectivity index (χ1v) is 5.20. The SMILES string of the molecule is Cc1cc(NC(=O)Oc2ccccc2)ccn1. The molecule has 0 aliphatic heterocycles. The summed E-state index contributed by atoms with van der Waals surface area (Å²) >= 11 is 0. The predicted octanol–water partition coefficient (Wildman–Crippen LogP) is 3.00. The van der Waals surface area contributed by atoms with Crippen molar-refractivity contribution in [3.8, 4) is 5.75 Å². The average molecular weight is 228 g/mol. The molecule has 0 aliphatic carbocycles. The molecule has 4 heteroatoms. The lowest BCUT2D eigenvalue weighted by molar-refractivity contribution is 0.215. The van der Waals surface area contributed by atoms with Gasteiger partial charge in [-0.15, -0.1) is 0 Å². The Balaban J connectivity index is 1.98. The first-order chi connectivity index (χ1) is 8.24. The Morgan fingerprint density at radius 3 is 2.71 bits per heavy atom. The fraction of sp³-hybridized carbons (Fsp3) is 0.0769. The number of hydrogen-bond acceptors (Lipinski definition) is 3. The van der Waals surface area contributed by atoms with E-state index in [-0.39, 0.29) is 0 Å². The van der Waals surface area contributed by atoms with Crippen LogP contribution in [0.15, 0.2) is 48.7 Å². The molecule has 2 rings (SSSR count). The second kappa shape index (κ2) is 5.12. The number of carbonyl (C=O) groups excluding carboxylic acids is 1. The third-order valence-corrected chi connectivity index (χ3v) is 2.10. The van der Waals surface area contributed by atoms with Crippen LogP contribution in [0.4, 0.5) is 10.5 Å². The van der Waals surface area contributed by atoms with Crippen LogP contribution >= 0.6 is 0 Å². The highest BCUT2D eigenvalue weighted by molar-refractivity contribution is 5.86. The highest BCUT2D eigenvalue weighted by Crippen LogP contribution is 2.11. The van der Waals surface area contributed by atoms with Crippen LogP contribution in [0.5, 0.6) is 5.75 Å². The zero-order valence-electron chi connectivity index (χ0n) is 9.38. The van der Waals surface area contributed by atoms with Crippen LogP contribution in [0.2, 0.25) is 0 Å². The van der Waals surface area contributed by atoms with Crippen molar-refractivity contribution in [2.75, 3.05) is 5.32 Å². The molecule has 0 fully saturated rings. The van der Waals surface area contributed by atoms with Gasteiger partial charge >= 0.3 is 6.09 Å². The number of hydrogen-bond donors (Lipinski definition) is 1. The summed E-state index contributed by atoms with van der Waals surface area (Å²) in [6.07, 6.45) is 1.12. The third kappa shape index (κ3) is 3.31. The summed E-state index contributed by atoms with van der Waals surface area (Å²) in [7, 11) is 0. The highest BCUT2D eigenvalue weighted by atomic mass is 16.6. The zero-order chi connectivity index (χ0) is 12.1. The largest absolute Gasteiger partial charge is 0.417 e. The van der Waals surface area contributed by atoms with Crippen molar-refractivity contribution < 1.29 is 9.53 Å². The Hall–Kier alpha value is -2.36. The van der Waals surface area contributed by atoms with E-state index in [2.05, 4.69) is 10.3 Å². The Morgan fingerprint density at radius 2 is 2.00 bits per heavy atom. The number of aryl methyl sites for hydroxylation is 1. The summed E-state index contributed by atoms with van der Waals surface area (Å²) in [6.45, 7) is 1.85. The van der Waals surface area contributed by atoms with Crippen LogP contribution in [0.25, 0.3) is 0 Å². The first kappa shape index (κ1) is 11.1. The van der Waals surface area contributed by atoms with Crippen molar-refractivity contribution in [3.05, 3.63) is 54.4 Å². The molecule has 0 saturated carbocycles. The molecule has 1 N–H and O–H groups in total. The van der Waals surface area contributed by atoms with Gasteiger partial charge in [-0.1, -0.05) is 18.2 Å². The van der Waals surface area contributed by atoms with E-state index in [4.69, 9.17) is 4.74 Å². The highest BCUT2D eigenvalue weighted by Gasteiger charge is 2.04. The number of anilines is 1. The number of amides is 1. The number of nitrogens with zero attached hydrogens (tertiary/aromatic N) is 1. The molecule has 0 atom stereocenters. The van der Waals surface area contributed by atoms with Crippen LogP contribution in [-0.2, 0) is 0 Å². The van der Waals surface area contributed by atoms with E-state index in [0.29, 0.717) is 11.4 Å². The lowest BCUT2D eigenvalue weighted by Gasteiger charge is -2.06. The fourth-order valence-corrected chi connectivity index (χ4v) is 1.36. The zero-order valence-corrected chi connectivity index (χ0v) is 9.38. The van der Waals surface area contributed by atoms with Crippen LogP contribution in [0.1, 0.15) is 5.69 Å². The van der Waals surface area contributed by atoms with Gasteiger partial charge in [0.25, 0.3) is 0 Å². The lowest BCUT2D eigenvalue weighted by Crippen LogP contribution is -2.16. The molecule has 86 valence electrons. The van der Waals surface area contributed by atoms with E-state index in [9.17, 15) is 4.79 Å². The van der Waals surface area contributed by atoms with Crippen LogP contribution in [-0.4, -0.2) is 11.1 Å². The number of aromatic nitrogens is 1. The molecule has 1 aromatic carbocycles. The molecule has 0 unspecified atom stereocenters. The number of para-hydroxylation sites is 1. The predicted molar refractivity (Wildman–Crippen MR) is 65.1 cm³/mol. The summed E-state index contributed by atoms with van der Waals surface area (Å²) in [5.41, 5.74) is 1.50. The van der Waals surface area contributed by atoms with Gasteiger partial charge in [-0.25, -0.2) is 4.79 Å². The molecule has 1 amide bonds. The molecule has 4 nitrogen and oxygen atoms in total. The minimum absolute atomic E-state index is 0.510. The number of carbonyl (C=O) groups is 1. The average Bonchev–Trinajstić information content (AvgIpc) is 2.30. The quantitative estimate of drug-likeness (QED) is 0.859. The van der Waals surface area contributed by atoms with Crippen LogP contribution < -0.4 is 10.1 Å². The Kier molecular flexibility index (Phi) is 3.35. The van der Waals surface area contributed by atoms with Crippen molar-refractivity contribution >= 4 is 11.8 Å². The molecule has 0 spiro atoms. The van der Waals surface area contributed by atoms with Crippen LogP contribution in [0, 0.1) is 6.92 Å². The normalized spacial score (nSPS) is 9.71. The third-order valence-electron chi connectivity index (χ3n) is 2.10. The van der Waals surface area contributed by atoms with Gasteiger partial charge in [-0.05, 0) is 31.2 Å². The summed E-state index contributed by atoms with van der Waals surface area (Å²) < 4.78 is 5.09. The van der Waals surface area contributed by atoms with E-state index >= 15 is 0 Å². The van der Waals surface area contributed by atoms with Gasteiger partial charge in [-0.2, -0.15) is 0 Å². The Morgan fingerprint density at radius 1 is 1.24 bits per heavy atom. The van der Waals surface area contributed by atoms with E-state index in [1.807, 2.05) is 13.0 Å². The number of pyridine rings is 1. The van der Waals surface area contributed by atoms with Gasteiger partial charge in [0.2, 0.25) is 0 Å². The molecule has 1 heterocycles. The van der Waals surface area contributed by atoms with Crippen LogP contribution in [0.3, 0.4) is 0 Å². The Bertz CT molecular complexity index is 512. The lowest BCUT2D eigenvalue weighted by atomic mass is 10.3. The fourth-order valence-electron chi connectivity index (χ4n) is 1.36. The standard InChI is InChI=1S/C13H12N2O2/c1-10-9-11(7-8-14-10)15-13(16)17-12-5-3-2-4-6-12/h2-9H,1H3,(H,14,15,16). The molecule has 2 aromatic rings. The monoisotopic (exact) mass is 228 g/mol. The smallest absolute Gasteiger partial charge is 0.410 e. The second-order valence-electron chi connectivity index (χ2n) is 3.51. The number of rotatable bonds is 2. The molecule has 0 aliphatic rings. The van der Waals surface area contributed by atoms with Gasteiger partial charge in [-0.3, -0.25) is 10.3 Å². The van der Waals surface area contributed by atoms with E-state index < -0.39 is 6.09 Å². The molecule has 0 radical (unpaired) electrons. The van der Waals surface area contributed by atoms with Gasteiger partial charge < -0.3 is 4.74 Å². The molecular weight excluding hydrogens is 216 g/mol. The van der Waals surface area contributed by atoms with E-state index in [0.717, 1.165) is 5.69 Å². The summed E-state index contributed by atoms with van der Waals surface area (Å²) in [4.78, 5) is 15.6. The van der Waals surface area contributed by atoms with E-state index in [1.54, 1.807) is 42.6 Å².